The monoisotopic (exact) mass is 406 g/mol. The van der Waals surface area contributed by atoms with Crippen molar-refractivity contribution >= 4 is 16.9 Å². The van der Waals surface area contributed by atoms with E-state index in [4.69, 9.17) is 5.73 Å². The molecule has 4 heteroatoms. The van der Waals surface area contributed by atoms with Crippen LogP contribution in [-0.2, 0) is 0 Å². The summed E-state index contributed by atoms with van der Waals surface area (Å²) in [6, 6.07) is 15.0. The lowest BCUT2D eigenvalue weighted by Crippen LogP contribution is -2.43. The van der Waals surface area contributed by atoms with E-state index in [1.807, 2.05) is 32.9 Å². The SMILES string of the molecule is C/C=C\C=C(/C)c1ccc(N)c(-c2ccc(N3CCNCC3)cc2)c1.C=CN.CC. The minimum atomic E-state index is 0.817. The summed E-state index contributed by atoms with van der Waals surface area (Å²) in [5, 5.41) is 3.39. The number of anilines is 2. The molecule has 0 radical (unpaired) electrons. The standard InChI is InChI=1S/C22H27N3.C2H5N.C2H6/c1-3-4-5-17(2)19-8-11-22(23)21(16-19)18-6-9-20(10-7-18)25-14-12-24-13-15-25;1-2-3;1-2/h3-11,16,24H,12-15,23H2,1-2H3;2H,1,3H2;1-2H3/b4-3-,17-5+;;. The third kappa shape index (κ3) is 7.45. The van der Waals surface area contributed by atoms with Crippen LogP contribution in [0.5, 0.6) is 0 Å². The van der Waals surface area contributed by atoms with E-state index in [-0.39, 0.29) is 0 Å². The third-order valence-corrected chi connectivity index (χ3v) is 4.71. The van der Waals surface area contributed by atoms with Gasteiger partial charge in [-0.05, 0) is 61.0 Å². The van der Waals surface area contributed by atoms with E-state index in [2.05, 4.69) is 78.0 Å². The van der Waals surface area contributed by atoms with Gasteiger partial charge in [-0.1, -0.05) is 56.9 Å². The topological polar surface area (TPSA) is 67.3 Å². The second-order valence-electron chi connectivity index (χ2n) is 6.70. The van der Waals surface area contributed by atoms with Gasteiger partial charge in [0.05, 0.1) is 0 Å². The van der Waals surface area contributed by atoms with Crippen molar-refractivity contribution in [2.45, 2.75) is 27.7 Å². The fourth-order valence-corrected chi connectivity index (χ4v) is 3.16. The molecule has 162 valence electrons. The van der Waals surface area contributed by atoms with Gasteiger partial charge in [0.25, 0.3) is 0 Å². The lowest BCUT2D eigenvalue weighted by molar-refractivity contribution is 0.589. The number of piperazine rings is 1. The van der Waals surface area contributed by atoms with Crippen molar-refractivity contribution in [1.82, 2.24) is 5.32 Å². The summed E-state index contributed by atoms with van der Waals surface area (Å²) in [5.41, 5.74) is 17.7. The van der Waals surface area contributed by atoms with Crippen molar-refractivity contribution in [3.63, 3.8) is 0 Å². The van der Waals surface area contributed by atoms with Gasteiger partial charge in [0.2, 0.25) is 0 Å². The molecule has 1 aliphatic rings. The molecule has 0 aromatic heterocycles. The Kier molecular flexibility index (Phi) is 11.8. The van der Waals surface area contributed by atoms with Crippen LogP contribution < -0.4 is 21.7 Å². The van der Waals surface area contributed by atoms with Gasteiger partial charge in [-0.3, -0.25) is 0 Å². The van der Waals surface area contributed by atoms with Crippen LogP contribution in [0, 0.1) is 0 Å². The highest BCUT2D eigenvalue weighted by molar-refractivity contribution is 5.81. The molecule has 0 bridgehead atoms. The summed E-state index contributed by atoms with van der Waals surface area (Å²) in [7, 11) is 0. The van der Waals surface area contributed by atoms with Gasteiger partial charge in [-0.25, -0.2) is 0 Å². The molecule has 5 N–H and O–H groups in total. The molecular weight excluding hydrogens is 368 g/mol. The maximum Gasteiger partial charge on any atom is 0.0394 e. The highest BCUT2D eigenvalue weighted by Gasteiger charge is 2.11. The van der Waals surface area contributed by atoms with E-state index in [1.165, 1.54) is 23.0 Å². The summed E-state index contributed by atoms with van der Waals surface area (Å²) in [6.07, 6.45) is 7.48. The van der Waals surface area contributed by atoms with Crippen molar-refractivity contribution in [2.24, 2.45) is 5.73 Å². The number of nitrogens with zero attached hydrogens (tertiary/aromatic N) is 1. The molecule has 0 saturated carbocycles. The second kappa shape index (κ2) is 14.1. The number of nitrogen functional groups attached to an aromatic ring is 1. The van der Waals surface area contributed by atoms with Crippen LogP contribution in [-0.4, -0.2) is 26.2 Å². The van der Waals surface area contributed by atoms with Gasteiger partial charge >= 0.3 is 0 Å². The smallest absolute Gasteiger partial charge is 0.0394 e. The van der Waals surface area contributed by atoms with Crippen LogP contribution in [0.15, 0.2) is 73.5 Å². The second-order valence-corrected chi connectivity index (χ2v) is 6.70. The van der Waals surface area contributed by atoms with Crippen molar-refractivity contribution in [3.05, 3.63) is 79.0 Å². The quantitative estimate of drug-likeness (QED) is 0.467. The van der Waals surface area contributed by atoms with E-state index < -0.39 is 0 Å². The Morgan fingerprint density at radius 1 is 1.07 bits per heavy atom. The number of hydrogen-bond donors (Lipinski definition) is 3. The Labute approximate surface area is 183 Å². The maximum atomic E-state index is 6.25. The molecule has 4 nitrogen and oxygen atoms in total. The van der Waals surface area contributed by atoms with E-state index in [0.29, 0.717) is 0 Å². The van der Waals surface area contributed by atoms with Crippen LogP contribution in [0.2, 0.25) is 0 Å². The number of rotatable bonds is 4. The van der Waals surface area contributed by atoms with Crippen molar-refractivity contribution in [3.8, 4) is 11.1 Å². The number of hydrogen-bond acceptors (Lipinski definition) is 4. The van der Waals surface area contributed by atoms with Crippen LogP contribution in [0.4, 0.5) is 11.4 Å². The molecule has 2 aromatic rings. The highest BCUT2D eigenvalue weighted by atomic mass is 15.2. The molecule has 0 atom stereocenters. The summed E-state index contributed by atoms with van der Waals surface area (Å²) < 4.78 is 0. The summed E-state index contributed by atoms with van der Waals surface area (Å²) in [4.78, 5) is 2.42. The van der Waals surface area contributed by atoms with Crippen molar-refractivity contribution in [1.29, 1.82) is 0 Å². The number of benzene rings is 2. The Morgan fingerprint density at radius 3 is 2.23 bits per heavy atom. The largest absolute Gasteiger partial charge is 0.405 e. The van der Waals surface area contributed by atoms with Crippen LogP contribution in [0.25, 0.3) is 16.7 Å². The Morgan fingerprint density at radius 2 is 1.67 bits per heavy atom. The molecule has 1 heterocycles. The summed E-state index contributed by atoms with van der Waals surface area (Å²) in [5.74, 6) is 0. The zero-order valence-corrected chi connectivity index (χ0v) is 19.0. The molecule has 0 aliphatic carbocycles. The number of nitrogens with two attached hydrogens (primary N) is 2. The Balaban J connectivity index is 0.000000826. The van der Waals surface area contributed by atoms with Gasteiger partial charge in [-0.2, -0.15) is 0 Å². The number of allylic oxidation sites excluding steroid dienone is 4. The van der Waals surface area contributed by atoms with Gasteiger partial charge in [0.15, 0.2) is 0 Å². The van der Waals surface area contributed by atoms with E-state index >= 15 is 0 Å². The molecular formula is C26H38N4. The molecule has 2 aromatic carbocycles. The fraction of sp³-hybridized carbons (Fsp3) is 0.308. The average molecular weight is 407 g/mol. The van der Waals surface area contributed by atoms with Crippen LogP contribution in [0.1, 0.15) is 33.3 Å². The molecule has 0 unspecified atom stereocenters. The maximum absolute atomic E-state index is 6.25. The lowest BCUT2D eigenvalue weighted by Gasteiger charge is -2.29. The summed E-state index contributed by atoms with van der Waals surface area (Å²) in [6.45, 7) is 15.5. The molecule has 3 rings (SSSR count). The minimum absolute atomic E-state index is 0.817. The third-order valence-electron chi connectivity index (χ3n) is 4.71. The first-order valence-electron chi connectivity index (χ1n) is 10.7. The van der Waals surface area contributed by atoms with E-state index in [1.54, 1.807) is 0 Å². The van der Waals surface area contributed by atoms with Gasteiger partial charge in [0.1, 0.15) is 0 Å². The van der Waals surface area contributed by atoms with Crippen molar-refractivity contribution in [2.75, 3.05) is 36.8 Å². The zero-order valence-electron chi connectivity index (χ0n) is 19.0. The predicted molar refractivity (Wildman–Crippen MR) is 136 cm³/mol. The predicted octanol–water partition coefficient (Wildman–Crippen LogP) is 5.44. The number of nitrogens with one attached hydrogen (secondary N) is 1. The molecule has 30 heavy (non-hydrogen) atoms. The molecule has 0 spiro atoms. The van der Waals surface area contributed by atoms with E-state index in [9.17, 15) is 0 Å². The average Bonchev–Trinajstić information content (AvgIpc) is 2.80. The first-order chi connectivity index (χ1) is 14.6. The molecule has 1 saturated heterocycles. The highest BCUT2D eigenvalue weighted by Crippen LogP contribution is 2.31. The Bertz CT molecular complexity index is 813. The first-order valence-corrected chi connectivity index (χ1v) is 10.7. The molecule has 0 amide bonds. The van der Waals surface area contributed by atoms with Crippen LogP contribution in [0.3, 0.4) is 0 Å². The Hall–Kier alpha value is -2.98. The van der Waals surface area contributed by atoms with Crippen LogP contribution >= 0.6 is 0 Å². The minimum Gasteiger partial charge on any atom is -0.405 e. The molecule has 1 fully saturated rings. The van der Waals surface area contributed by atoms with E-state index in [0.717, 1.165) is 43.0 Å². The van der Waals surface area contributed by atoms with Gasteiger partial charge < -0.3 is 21.7 Å². The molecule has 1 aliphatic heterocycles. The van der Waals surface area contributed by atoms with Crippen molar-refractivity contribution < 1.29 is 0 Å². The fourth-order valence-electron chi connectivity index (χ4n) is 3.16. The lowest BCUT2D eigenvalue weighted by atomic mass is 9.97. The normalized spacial score (nSPS) is 13.7. The van der Waals surface area contributed by atoms with Gasteiger partial charge in [-0.15, -0.1) is 0 Å². The van der Waals surface area contributed by atoms with Gasteiger partial charge in [0, 0.05) is 43.1 Å². The summed E-state index contributed by atoms with van der Waals surface area (Å²) >= 11 is 0. The first kappa shape index (κ1) is 25.1. The zero-order chi connectivity index (χ0) is 22.4.